The van der Waals surface area contributed by atoms with Gasteiger partial charge in [-0.25, -0.2) is 0 Å². The molecular weight excluding hydrogens is 266 g/mol. The Labute approximate surface area is 121 Å². The molecule has 5 heteroatoms. The third-order valence-electron chi connectivity index (χ3n) is 3.25. The van der Waals surface area contributed by atoms with Crippen LogP contribution in [-0.2, 0) is 11.2 Å². The summed E-state index contributed by atoms with van der Waals surface area (Å²) in [6.07, 6.45) is 0.297. The fourth-order valence-corrected chi connectivity index (χ4v) is 2.16. The monoisotopic (exact) mass is 281 g/mol. The fourth-order valence-electron chi connectivity index (χ4n) is 2.16. The maximum absolute atomic E-state index is 12.1. The number of nitrogens with zero attached hydrogens (tertiary/aromatic N) is 1. The number of amides is 1. The summed E-state index contributed by atoms with van der Waals surface area (Å²) in [5.74, 6) is 1.24. The van der Waals surface area contributed by atoms with E-state index in [1.54, 1.807) is 7.11 Å². The summed E-state index contributed by atoms with van der Waals surface area (Å²) in [5.41, 5.74) is 1.82. The predicted octanol–water partition coefficient (Wildman–Crippen LogP) is 2.75. The summed E-state index contributed by atoms with van der Waals surface area (Å²) in [4.78, 5) is 12.1. The van der Waals surface area contributed by atoms with Crippen molar-refractivity contribution in [3.8, 4) is 5.75 Å². The predicted molar refractivity (Wildman–Crippen MR) is 81.4 cm³/mol. The van der Waals surface area contributed by atoms with Crippen LogP contribution in [0.4, 0.5) is 5.82 Å². The van der Waals surface area contributed by atoms with Gasteiger partial charge in [-0.2, -0.15) is 5.10 Å². The number of anilines is 1. The van der Waals surface area contributed by atoms with E-state index < -0.39 is 0 Å². The minimum atomic E-state index is -0.0996. The lowest BCUT2D eigenvalue weighted by Crippen LogP contribution is -2.14. The number of ether oxygens (including phenoxy) is 1. The van der Waals surface area contributed by atoms with Crippen molar-refractivity contribution in [3.63, 3.8) is 0 Å². The lowest BCUT2D eigenvalue weighted by Gasteiger charge is -2.04. The van der Waals surface area contributed by atoms with Crippen molar-refractivity contribution in [1.29, 1.82) is 0 Å². The quantitative estimate of drug-likeness (QED) is 0.772. The Balaban J connectivity index is 1.71. The molecule has 0 radical (unpaired) electrons. The van der Waals surface area contributed by atoms with Gasteiger partial charge in [0.05, 0.1) is 19.0 Å². The molecule has 0 fully saturated rings. The van der Waals surface area contributed by atoms with Crippen LogP contribution in [0.25, 0.3) is 10.9 Å². The Morgan fingerprint density at radius 2 is 1.95 bits per heavy atom. The van der Waals surface area contributed by atoms with Gasteiger partial charge < -0.3 is 10.1 Å². The van der Waals surface area contributed by atoms with Crippen LogP contribution in [0, 0.1) is 0 Å². The molecule has 1 aromatic heterocycles. The van der Waals surface area contributed by atoms with Gasteiger partial charge in [0.15, 0.2) is 5.82 Å². The Morgan fingerprint density at radius 3 is 2.71 bits per heavy atom. The number of rotatable bonds is 4. The maximum atomic E-state index is 12.1. The molecule has 0 atom stereocenters. The normalized spacial score (nSPS) is 10.5. The van der Waals surface area contributed by atoms with Gasteiger partial charge in [-0.1, -0.05) is 24.3 Å². The number of H-pyrrole nitrogens is 1. The van der Waals surface area contributed by atoms with Crippen molar-refractivity contribution in [2.24, 2.45) is 0 Å². The second-order valence-electron chi connectivity index (χ2n) is 4.69. The van der Waals surface area contributed by atoms with Gasteiger partial charge in [0.25, 0.3) is 0 Å². The molecule has 0 aliphatic carbocycles. The lowest BCUT2D eigenvalue weighted by molar-refractivity contribution is -0.115. The number of methoxy groups -OCH3 is 1. The highest BCUT2D eigenvalue weighted by atomic mass is 16.5. The van der Waals surface area contributed by atoms with Crippen molar-refractivity contribution in [1.82, 2.24) is 10.2 Å². The van der Waals surface area contributed by atoms with E-state index in [0.717, 1.165) is 22.2 Å². The van der Waals surface area contributed by atoms with E-state index in [4.69, 9.17) is 4.74 Å². The second kappa shape index (κ2) is 5.66. The minimum absolute atomic E-state index is 0.0996. The van der Waals surface area contributed by atoms with Gasteiger partial charge >= 0.3 is 0 Å². The first-order valence-electron chi connectivity index (χ1n) is 6.62. The van der Waals surface area contributed by atoms with Crippen LogP contribution in [0.2, 0.25) is 0 Å². The van der Waals surface area contributed by atoms with Crippen LogP contribution in [0.3, 0.4) is 0 Å². The van der Waals surface area contributed by atoms with Crippen LogP contribution < -0.4 is 10.1 Å². The standard InChI is InChI=1S/C16H15N3O2/c1-21-12-8-6-11(7-9-12)10-15(20)17-16-13-4-2-3-5-14(13)18-19-16/h2-9H,10H2,1H3,(H2,17,18,19,20). The number of hydrogen-bond acceptors (Lipinski definition) is 3. The van der Waals surface area contributed by atoms with Crippen molar-refractivity contribution in [2.75, 3.05) is 12.4 Å². The van der Waals surface area contributed by atoms with Crippen molar-refractivity contribution in [3.05, 3.63) is 54.1 Å². The lowest BCUT2D eigenvalue weighted by atomic mass is 10.1. The topological polar surface area (TPSA) is 67.0 Å². The van der Waals surface area contributed by atoms with Crippen molar-refractivity contribution < 1.29 is 9.53 Å². The molecule has 2 aromatic carbocycles. The van der Waals surface area contributed by atoms with Crippen LogP contribution in [-0.4, -0.2) is 23.2 Å². The fraction of sp³-hybridized carbons (Fsp3) is 0.125. The molecule has 1 heterocycles. The molecule has 0 aliphatic heterocycles. The van der Waals surface area contributed by atoms with Gasteiger partial charge in [-0.15, -0.1) is 0 Å². The van der Waals surface area contributed by atoms with E-state index in [1.807, 2.05) is 48.5 Å². The summed E-state index contributed by atoms with van der Waals surface area (Å²) in [7, 11) is 1.62. The number of carbonyl (C=O) groups excluding carboxylic acids is 1. The van der Waals surface area contributed by atoms with E-state index in [9.17, 15) is 4.79 Å². The van der Waals surface area contributed by atoms with Crippen LogP contribution >= 0.6 is 0 Å². The van der Waals surface area contributed by atoms with E-state index in [1.165, 1.54) is 0 Å². The summed E-state index contributed by atoms with van der Waals surface area (Å²) < 4.78 is 5.09. The third kappa shape index (κ3) is 2.86. The van der Waals surface area contributed by atoms with Gasteiger partial charge in [0.1, 0.15) is 5.75 Å². The largest absolute Gasteiger partial charge is 0.497 e. The van der Waals surface area contributed by atoms with Gasteiger partial charge in [-0.3, -0.25) is 9.89 Å². The van der Waals surface area contributed by atoms with Crippen molar-refractivity contribution >= 4 is 22.6 Å². The van der Waals surface area contributed by atoms with Crippen LogP contribution in [0.15, 0.2) is 48.5 Å². The Kier molecular flexibility index (Phi) is 3.55. The van der Waals surface area contributed by atoms with Crippen LogP contribution in [0.5, 0.6) is 5.75 Å². The average Bonchev–Trinajstić information content (AvgIpc) is 2.91. The zero-order chi connectivity index (χ0) is 14.7. The average molecular weight is 281 g/mol. The molecule has 3 aromatic rings. The molecule has 0 aliphatic rings. The molecule has 3 rings (SSSR count). The van der Waals surface area contributed by atoms with Crippen LogP contribution in [0.1, 0.15) is 5.56 Å². The summed E-state index contributed by atoms with van der Waals surface area (Å²) >= 11 is 0. The first kappa shape index (κ1) is 13.2. The first-order valence-corrected chi connectivity index (χ1v) is 6.62. The molecule has 0 spiro atoms. The number of para-hydroxylation sites is 1. The molecule has 0 saturated carbocycles. The summed E-state index contributed by atoms with van der Waals surface area (Å²) in [6, 6.07) is 15.1. The van der Waals surface area contributed by atoms with Gasteiger partial charge in [0.2, 0.25) is 5.91 Å². The summed E-state index contributed by atoms with van der Waals surface area (Å²) in [5, 5.41) is 10.8. The number of hydrogen-bond donors (Lipinski definition) is 2. The van der Waals surface area contributed by atoms with Crippen molar-refractivity contribution in [2.45, 2.75) is 6.42 Å². The highest BCUT2D eigenvalue weighted by molar-refractivity contribution is 6.00. The maximum Gasteiger partial charge on any atom is 0.230 e. The second-order valence-corrected chi connectivity index (χ2v) is 4.69. The molecular formula is C16H15N3O2. The number of aromatic nitrogens is 2. The molecule has 0 saturated heterocycles. The van der Waals surface area contributed by atoms with E-state index in [2.05, 4.69) is 15.5 Å². The molecule has 1 amide bonds. The number of nitrogens with one attached hydrogen (secondary N) is 2. The first-order chi connectivity index (χ1) is 10.3. The highest BCUT2D eigenvalue weighted by Crippen LogP contribution is 2.20. The molecule has 0 bridgehead atoms. The van der Waals surface area contributed by atoms with E-state index in [-0.39, 0.29) is 5.91 Å². The molecule has 0 unspecified atom stereocenters. The molecule has 5 nitrogen and oxygen atoms in total. The molecule has 106 valence electrons. The van der Waals surface area contributed by atoms with E-state index in [0.29, 0.717) is 12.2 Å². The Hall–Kier alpha value is -2.82. The third-order valence-corrected chi connectivity index (χ3v) is 3.25. The number of aromatic amines is 1. The van der Waals surface area contributed by atoms with Gasteiger partial charge in [0, 0.05) is 5.39 Å². The zero-order valence-electron chi connectivity index (χ0n) is 11.6. The zero-order valence-corrected chi connectivity index (χ0v) is 11.6. The summed E-state index contributed by atoms with van der Waals surface area (Å²) in [6.45, 7) is 0. The smallest absolute Gasteiger partial charge is 0.230 e. The SMILES string of the molecule is COc1ccc(CC(=O)Nc2n[nH]c3ccccc23)cc1. The highest BCUT2D eigenvalue weighted by Gasteiger charge is 2.09. The minimum Gasteiger partial charge on any atom is -0.497 e. The van der Waals surface area contributed by atoms with E-state index >= 15 is 0 Å². The molecule has 2 N–H and O–H groups in total. The number of benzene rings is 2. The van der Waals surface area contributed by atoms with Gasteiger partial charge in [-0.05, 0) is 29.8 Å². The number of carbonyl (C=O) groups is 1. The molecule has 21 heavy (non-hydrogen) atoms. The Morgan fingerprint density at radius 1 is 1.19 bits per heavy atom. The Bertz CT molecular complexity index is 763. The number of fused-ring (bicyclic) bond motifs is 1.